The van der Waals surface area contributed by atoms with Crippen LogP contribution in [0, 0.1) is 0 Å². The topological polar surface area (TPSA) is 98.7 Å². The molecule has 2 aromatic carbocycles. The van der Waals surface area contributed by atoms with Gasteiger partial charge < -0.3 is 4.90 Å². The predicted octanol–water partition coefficient (Wildman–Crippen LogP) is 2.04. The quantitative estimate of drug-likeness (QED) is 0.573. The Morgan fingerprint density at radius 2 is 1.80 bits per heavy atom. The number of sulfonamides is 1. The van der Waals surface area contributed by atoms with Crippen LogP contribution in [0.5, 0.6) is 0 Å². The molecule has 7 nitrogen and oxygen atoms in total. The largest absolute Gasteiger partial charge is 0.369 e. The van der Waals surface area contributed by atoms with Crippen LogP contribution in [-0.4, -0.2) is 33.1 Å². The zero-order chi connectivity index (χ0) is 18.0. The van der Waals surface area contributed by atoms with Crippen LogP contribution in [0.15, 0.2) is 53.4 Å². The lowest BCUT2D eigenvalue weighted by molar-refractivity contribution is 0.0706. The summed E-state index contributed by atoms with van der Waals surface area (Å²) in [4.78, 5) is 13.4. The molecule has 2 aromatic rings. The van der Waals surface area contributed by atoms with E-state index in [0.717, 1.165) is 11.3 Å². The molecule has 8 heteroatoms. The second-order valence-corrected chi connectivity index (χ2v) is 7.38. The van der Waals surface area contributed by atoms with Crippen molar-refractivity contribution < 1.29 is 18.4 Å². The third-order valence-corrected chi connectivity index (χ3v) is 5.35. The summed E-state index contributed by atoms with van der Waals surface area (Å²) < 4.78 is 27.8. The van der Waals surface area contributed by atoms with Crippen LogP contribution in [0.2, 0.25) is 0 Å². The summed E-state index contributed by atoms with van der Waals surface area (Å²) >= 11 is 0. The number of carbonyl (C=O) groups excluding carboxylic acids is 1. The first-order chi connectivity index (χ1) is 11.9. The fraction of sp³-hybridized carbons (Fsp3) is 0.118. The van der Waals surface area contributed by atoms with E-state index < -0.39 is 15.9 Å². The molecule has 130 valence electrons. The van der Waals surface area contributed by atoms with E-state index in [1.165, 1.54) is 29.7 Å². The molecule has 0 fully saturated rings. The van der Waals surface area contributed by atoms with Gasteiger partial charge in [-0.2, -0.15) is 0 Å². The van der Waals surface area contributed by atoms with Gasteiger partial charge in [-0.15, -0.1) is 0 Å². The Balaban J connectivity index is 1.85. The van der Waals surface area contributed by atoms with E-state index in [0.29, 0.717) is 5.69 Å². The highest BCUT2D eigenvalue weighted by molar-refractivity contribution is 7.96. The number of benzene rings is 2. The maximum absolute atomic E-state index is 12.7. The number of hydrogen-bond acceptors (Lipinski definition) is 5. The molecule has 3 rings (SSSR count). The van der Waals surface area contributed by atoms with Gasteiger partial charge in [0.05, 0.1) is 11.4 Å². The number of carbonyl (C=O) groups is 1. The van der Waals surface area contributed by atoms with Crippen molar-refractivity contribution in [2.45, 2.75) is 0 Å². The molecular formula is C17H17N3O4S. The van der Waals surface area contributed by atoms with Crippen molar-refractivity contribution in [1.29, 1.82) is 0 Å². The van der Waals surface area contributed by atoms with Crippen LogP contribution in [0.1, 0.15) is 15.9 Å². The minimum atomic E-state index is -3.73. The molecular weight excluding hydrogens is 342 g/mol. The van der Waals surface area contributed by atoms with Crippen molar-refractivity contribution in [2.24, 2.45) is 0 Å². The van der Waals surface area contributed by atoms with E-state index >= 15 is 0 Å². The molecule has 0 spiro atoms. The molecule has 0 atom stereocenters. The number of nitrogens with one attached hydrogen (secondary N) is 2. The van der Waals surface area contributed by atoms with E-state index in [2.05, 4.69) is 4.72 Å². The van der Waals surface area contributed by atoms with Gasteiger partial charge in [0, 0.05) is 24.0 Å². The molecule has 0 unspecified atom stereocenters. The average Bonchev–Trinajstić information content (AvgIpc) is 2.61. The zero-order valence-corrected chi connectivity index (χ0v) is 14.2. The number of para-hydroxylation sites is 1. The maximum Gasteiger partial charge on any atom is 0.274 e. The van der Waals surface area contributed by atoms with Crippen LogP contribution in [-0.2, 0) is 10.0 Å². The van der Waals surface area contributed by atoms with Gasteiger partial charge in [0.1, 0.15) is 0 Å². The molecule has 0 radical (unpaired) electrons. The van der Waals surface area contributed by atoms with E-state index in [1.807, 2.05) is 36.2 Å². The van der Waals surface area contributed by atoms with Crippen molar-refractivity contribution in [2.75, 3.05) is 23.2 Å². The van der Waals surface area contributed by atoms with Gasteiger partial charge >= 0.3 is 0 Å². The Morgan fingerprint density at radius 1 is 1.12 bits per heavy atom. The van der Waals surface area contributed by atoms with Crippen LogP contribution in [0.4, 0.5) is 11.4 Å². The molecule has 1 aliphatic rings. The molecule has 1 heterocycles. The van der Waals surface area contributed by atoms with Crippen molar-refractivity contribution >= 4 is 33.4 Å². The summed E-state index contributed by atoms with van der Waals surface area (Å²) in [5.74, 6) is -0.664. The number of likely N-dealkylation sites (N-methyl/N-ethyl adjacent to an activating group) is 1. The zero-order valence-electron chi connectivity index (χ0n) is 13.4. The second kappa shape index (κ2) is 6.58. The average molecular weight is 359 g/mol. The molecule has 0 saturated carbocycles. The number of anilines is 2. The van der Waals surface area contributed by atoms with E-state index in [4.69, 9.17) is 5.21 Å². The van der Waals surface area contributed by atoms with Crippen molar-refractivity contribution in [1.82, 2.24) is 5.48 Å². The van der Waals surface area contributed by atoms with Crippen LogP contribution < -0.4 is 15.1 Å². The third-order valence-electron chi connectivity index (χ3n) is 3.90. The first-order valence-electron chi connectivity index (χ1n) is 7.49. The number of rotatable bonds is 4. The van der Waals surface area contributed by atoms with Gasteiger partial charge in [0.2, 0.25) is 0 Å². The predicted molar refractivity (Wildman–Crippen MR) is 95.9 cm³/mol. The monoisotopic (exact) mass is 359 g/mol. The molecule has 25 heavy (non-hydrogen) atoms. The van der Waals surface area contributed by atoms with Crippen LogP contribution in [0.3, 0.4) is 0 Å². The standard InChI is InChI=1S/C17H17N3O4S/c1-20-11-15(10-13-4-2-3-5-16(13)20)25(23,24)19-14-8-6-12(7-9-14)17(21)18-22/h2-10,19,22H,11H2,1H3,(H,18,21). The van der Waals surface area contributed by atoms with Crippen LogP contribution in [0.25, 0.3) is 6.08 Å². The number of nitrogens with zero attached hydrogens (tertiary/aromatic N) is 1. The number of hydrogen-bond donors (Lipinski definition) is 3. The fourth-order valence-corrected chi connectivity index (χ4v) is 3.86. The molecule has 3 N–H and O–H groups in total. The Labute approximate surface area is 145 Å². The smallest absolute Gasteiger partial charge is 0.274 e. The van der Waals surface area contributed by atoms with E-state index in [1.54, 1.807) is 6.08 Å². The Hall–Kier alpha value is -2.84. The molecule has 0 saturated heterocycles. The summed E-state index contributed by atoms with van der Waals surface area (Å²) in [5, 5.41) is 8.60. The highest BCUT2D eigenvalue weighted by Crippen LogP contribution is 2.29. The minimum absolute atomic E-state index is 0.219. The summed E-state index contributed by atoms with van der Waals surface area (Å²) in [5.41, 5.74) is 3.88. The van der Waals surface area contributed by atoms with Gasteiger partial charge in [-0.05, 0) is 42.0 Å². The first-order valence-corrected chi connectivity index (χ1v) is 8.97. The maximum atomic E-state index is 12.7. The van der Waals surface area contributed by atoms with E-state index in [-0.39, 0.29) is 17.0 Å². The molecule has 1 amide bonds. The molecule has 0 bridgehead atoms. The summed E-state index contributed by atoms with van der Waals surface area (Å²) in [6, 6.07) is 13.3. The normalized spacial score (nSPS) is 13.7. The van der Waals surface area contributed by atoms with Gasteiger partial charge in [0.25, 0.3) is 15.9 Å². The van der Waals surface area contributed by atoms with Crippen molar-refractivity contribution in [3.05, 3.63) is 64.6 Å². The number of fused-ring (bicyclic) bond motifs is 1. The fourth-order valence-electron chi connectivity index (χ4n) is 2.63. The van der Waals surface area contributed by atoms with Gasteiger partial charge in [-0.3, -0.25) is 14.7 Å². The van der Waals surface area contributed by atoms with Gasteiger partial charge in [0.15, 0.2) is 0 Å². The summed E-state index contributed by atoms with van der Waals surface area (Å²) in [7, 11) is -1.89. The van der Waals surface area contributed by atoms with Gasteiger partial charge in [-0.25, -0.2) is 13.9 Å². The SMILES string of the molecule is CN1CC(S(=O)(=O)Nc2ccc(C(=O)NO)cc2)=Cc2ccccc21. The molecule has 1 aliphatic heterocycles. The summed E-state index contributed by atoms with van der Waals surface area (Å²) in [6.07, 6.45) is 1.66. The Morgan fingerprint density at radius 3 is 2.48 bits per heavy atom. The minimum Gasteiger partial charge on any atom is -0.369 e. The third kappa shape index (κ3) is 3.49. The Kier molecular flexibility index (Phi) is 4.47. The van der Waals surface area contributed by atoms with Crippen molar-refractivity contribution in [3.8, 4) is 0 Å². The molecule has 0 aliphatic carbocycles. The number of amides is 1. The lowest BCUT2D eigenvalue weighted by atomic mass is 10.1. The highest BCUT2D eigenvalue weighted by atomic mass is 32.2. The second-order valence-electron chi connectivity index (χ2n) is 5.65. The Bertz CT molecular complexity index is 937. The lowest BCUT2D eigenvalue weighted by Crippen LogP contribution is -2.29. The van der Waals surface area contributed by atoms with Gasteiger partial charge in [-0.1, -0.05) is 18.2 Å². The number of hydroxylamine groups is 1. The van der Waals surface area contributed by atoms with E-state index in [9.17, 15) is 13.2 Å². The summed E-state index contributed by atoms with van der Waals surface area (Å²) in [6.45, 7) is 0.261. The van der Waals surface area contributed by atoms with Crippen LogP contribution >= 0.6 is 0 Å². The first kappa shape index (κ1) is 17.0. The molecule has 0 aromatic heterocycles. The van der Waals surface area contributed by atoms with Crippen molar-refractivity contribution in [3.63, 3.8) is 0 Å². The lowest BCUT2D eigenvalue weighted by Gasteiger charge is -2.27. The highest BCUT2D eigenvalue weighted by Gasteiger charge is 2.24.